The normalized spacial score (nSPS) is 16.8. The van der Waals surface area contributed by atoms with Gasteiger partial charge in [-0.1, -0.05) is 102 Å². The summed E-state index contributed by atoms with van der Waals surface area (Å²) in [6, 6.07) is 11.0. The maximum atomic E-state index is 14.7. The summed E-state index contributed by atoms with van der Waals surface area (Å²) in [5.41, 5.74) is 4.53. The number of ether oxygens (including phenoxy) is 1. The van der Waals surface area contributed by atoms with Crippen LogP contribution >= 0.6 is 0 Å². The van der Waals surface area contributed by atoms with Crippen molar-refractivity contribution in [2.75, 3.05) is 13.1 Å². The van der Waals surface area contributed by atoms with E-state index in [4.69, 9.17) is 4.74 Å². The van der Waals surface area contributed by atoms with E-state index in [1.54, 1.807) is 20.8 Å². The predicted molar refractivity (Wildman–Crippen MR) is 237 cm³/mol. The van der Waals surface area contributed by atoms with E-state index in [-0.39, 0.29) is 49.9 Å². The lowest BCUT2D eigenvalue weighted by Gasteiger charge is -2.35. The Morgan fingerprint density at radius 1 is 0.803 bits per heavy atom. The number of nitrogens with zero attached hydrogens (tertiary/aromatic N) is 3. The number of carboxylic acid groups (broad SMARTS) is 2. The number of carbonyl (C=O) groups is 9. The second-order valence-corrected chi connectivity index (χ2v) is 16.8. The van der Waals surface area contributed by atoms with E-state index in [1.807, 2.05) is 67.6 Å². The molecule has 0 saturated carbocycles. The highest BCUT2D eigenvalue weighted by molar-refractivity contribution is 5.97. The number of aliphatic carboxylic acids is 2. The Labute approximate surface area is 384 Å². The average Bonchev–Trinajstić information content (AvgIpc) is 3.72. The molecule has 1 aliphatic heterocycles. The van der Waals surface area contributed by atoms with Gasteiger partial charge in [-0.25, -0.2) is 5.06 Å². The molecule has 0 spiro atoms. The van der Waals surface area contributed by atoms with Gasteiger partial charge in [0.2, 0.25) is 29.5 Å². The second kappa shape index (κ2) is 26.5. The molecule has 7 N–H and O–H groups in total. The van der Waals surface area contributed by atoms with Crippen LogP contribution in [0, 0.1) is 11.8 Å². The van der Waals surface area contributed by atoms with Gasteiger partial charge in [-0.05, 0) is 42.2 Å². The summed E-state index contributed by atoms with van der Waals surface area (Å²) in [5.74, 6) is -10.2. The van der Waals surface area contributed by atoms with Crippen LogP contribution in [0.25, 0.3) is 0 Å². The van der Waals surface area contributed by atoms with Gasteiger partial charge in [0.05, 0.1) is 19.1 Å². The SMILES string of the molecule is CCCN(NC(=O)[C@@H]1C[C@@H](OCc2ccccc2)CN1C(=O)[C@@H](NC(=O)[C@H]([C@@H](C)CC)N(O)C(=O)[C@@H](CCC(=O)O)NC(=O)[C@H](CC(=O)O)NC(C)=O)C(C)C)C(=O)CCc1ccccc1. The zero-order valence-electron chi connectivity index (χ0n) is 38.4. The number of carboxylic acids is 2. The van der Waals surface area contributed by atoms with Gasteiger partial charge in [-0.3, -0.25) is 58.8 Å². The molecule has 2 aromatic carbocycles. The Balaban J connectivity index is 1.92. The van der Waals surface area contributed by atoms with Gasteiger partial charge in [-0.15, -0.1) is 0 Å². The Bertz CT molecular complexity index is 1970. The zero-order chi connectivity index (χ0) is 49.1. The maximum Gasteiger partial charge on any atom is 0.305 e. The van der Waals surface area contributed by atoms with E-state index in [0.29, 0.717) is 12.8 Å². The van der Waals surface area contributed by atoms with Crippen LogP contribution in [0.15, 0.2) is 60.7 Å². The number of benzene rings is 2. The lowest BCUT2D eigenvalue weighted by atomic mass is 9.95. The number of nitrogens with one attached hydrogen (secondary N) is 4. The van der Waals surface area contributed by atoms with Crippen molar-refractivity contribution in [1.82, 2.24) is 36.3 Å². The van der Waals surface area contributed by atoms with Crippen molar-refractivity contribution in [1.29, 1.82) is 0 Å². The third-order valence-electron chi connectivity index (χ3n) is 11.1. The molecule has 1 aliphatic rings. The van der Waals surface area contributed by atoms with Crippen molar-refractivity contribution in [3.05, 3.63) is 71.8 Å². The Kier molecular flexibility index (Phi) is 21.7. The minimum absolute atomic E-state index is 0.0501. The summed E-state index contributed by atoms with van der Waals surface area (Å²) in [4.78, 5) is 120. The number of aryl methyl sites for hydroxylation is 1. The van der Waals surface area contributed by atoms with Gasteiger partial charge in [0.1, 0.15) is 30.2 Å². The van der Waals surface area contributed by atoms with Gasteiger partial charge in [0.15, 0.2) is 0 Å². The summed E-state index contributed by atoms with van der Waals surface area (Å²) in [7, 11) is 0. The minimum Gasteiger partial charge on any atom is -0.481 e. The quantitative estimate of drug-likeness (QED) is 0.0556. The number of amides is 7. The molecule has 1 heterocycles. The van der Waals surface area contributed by atoms with Crippen molar-refractivity contribution < 1.29 is 63.3 Å². The first-order chi connectivity index (χ1) is 31.3. The minimum atomic E-state index is -1.81. The van der Waals surface area contributed by atoms with Gasteiger partial charge in [0.25, 0.3) is 11.8 Å². The molecule has 20 heteroatoms. The van der Waals surface area contributed by atoms with Crippen LogP contribution in [0.1, 0.15) is 97.6 Å². The monoisotopic (exact) mass is 923 g/mol. The van der Waals surface area contributed by atoms with Crippen molar-refractivity contribution in [3.63, 3.8) is 0 Å². The fraction of sp³-hybridized carbons (Fsp3) is 0.543. The molecule has 0 aliphatic carbocycles. The molecule has 0 radical (unpaired) electrons. The van der Waals surface area contributed by atoms with Crippen LogP contribution in [0.5, 0.6) is 0 Å². The van der Waals surface area contributed by atoms with Crippen molar-refractivity contribution in [3.8, 4) is 0 Å². The van der Waals surface area contributed by atoms with Gasteiger partial charge in [-0.2, -0.15) is 0 Å². The molecule has 7 atom stereocenters. The highest BCUT2D eigenvalue weighted by atomic mass is 16.5. The van der Waals surface area contributed by atoms with Gasteiger partial charge in [0, 0.05) is 39.3 Å². The van der Waals surface area contributed by atoms with Crippen molar-refractivity contribution >= 4 is 53.3 Å². The Hall–Kier alpha value is -6.41. The summed E-state index contributed by atoms with van der Waals surface area (Å²) >= 11 is 0. The van der Waals surface area contributed by atoms with Crippen LogP contribution in [-0.4, -0.2) is 133 Å². The summed E-state index contributed by atoms with van der Waals surface area (Å²) in [6.45, 7) is 9.68. The van der Waals surface area contributed by atoms with Crippen LogP contribution < -0.4 is 21.4 Å². The van der Waals surface area contributed by atoms with Gasteiger partial charge < -0.3 is 35.8 Å². The standard InChI is InChI=1S/C46H65N7O13/c1-7-23-52(37(55)21-19-31-15-11-9-12-16-31)50-43(61)36-24-33(66-27-32-17-13-10-14-18-32)26-51(36)46(64)40(28(3)4)49-44(62)41(29(5)8-2)53(65)45(63)34(20-22-38(56)57)48-42(60)35(25-39(58)59)47-30(6)54/h9-18,28-29,33-36,40-41,65H,7-8,19-27H2,1-6H3,(H,47,54)(H,48,60)(H,49,62)(H,50,61)(H,56,57)(H,58,59)/t29-,33+,34+,35-,36-,40-,41-/m0/s1. The van der Waals surface area contributed by atoms with E-state index in [0.717, 1.165) is 18.1 Å². The number of hydroxylamine groups is 2. The van der Waals surface area contributed by atoms with Crippen LogP contribution in [0.2, 0.25) is 0 Å². The number of hydrogen-bond acceptors (Lipinski definition) is 11. The third kappa shape index (κ3) is 16.5. The Morgan fingerprint density at radius 2 is 1.42 bits per heavy atom. The van der Waals surface area contributed by atoms with Crippen molar-refractivity contribution in [2.45, 2.75) is 136 Å². The van der Waals surface area contributed by atoms with Crippen LogP contribution in [0.4, 0.5) is 0 Å². The first-order valence-electron chi connectivity index (χ1n) is 22.2. The molecular formula is C46H65N7O13. The smallest absolute Gasteiger partial charge is 0.305 e. The molecule has 3 rings (SSSR count). The first kappa shape index (κ1) is 53.9. The molecular weight excluding hydrogens is 859 g/mol. The molecule has 20 nitrogen and oxygen atoms in total. The first-order valence-corrected chi connectivity index (χ1v) is 22.2. The summed E-state index contributed by atoms with van der Waals surface area (Å²) in [6.07, 6.45) is -1.51. The number of hydrogen-bond donors (Lipinski definition) is 7. The molecule has 1 saturated heterocycles. The Morgan fingerprint density at radius 3 is 1.97 bits per heavy atom. The maximum absolute atomic E-state index is 14.7. The molecule has 2 aromatic rings. The van der Waals surface area contributed by atoms with E-state index < -0.39 is 115 Å². The van der Waals surface area contributed by atoms with Crippen LogP contribution in [0.3, 0.4) is 0 Å². The average molecular weight is 924 g/mol. The molecule has 7 amide bonds. The number of hydrazine groups is 1. The van der Waals surface area contributed by atoms with E-state index in [1.165, 1.54) is 16.8 Å². The molecule has 362 valence electrons. The zero-order valence-corrected chi connectivity index (χ0v) is 38.4. The van der Waals surface area contributed by atoms with E-state index in [9.17, 15) is 58.6 Å². The second-order valence-electron chi connectivity index (χ2n) is 16.8. The summed E-state index contributed by atoms with van der Waals surface area (Å²) in [5, 5.41) is 38.5. The number of likely N-dealkylation sites (tertiary alicyclic amines) is 1. The molecule has 1 fully saturated rings. The third-order valence-corrected chi connectivity index (χ3v) is 11.1. The molecule has 0 bridgehead atoms. The van der Waals surface area contributed by atoms with Gasteiger partial charge >= 0.3 is 11.9 Å². The summed E-state index contributed by atoms with van der Waals surface area (Å²) < 4.78 is 6.20. The fourth-order valence-corrected chi connectivity index (χ4v) is 7.39. The number of rotatable bonds is 25. The van der Waals surface area contributed by atoms with E-state index in [2.05, 4.69) is 21.4 Å². The predicted octanol–water partition coefficient (Wildman–Crippen LogP) is 2.18. The molecule has 0 unspecified atom stereocenters. The highest BCUT2D eigenvalue weighted by Gasteiger charge is 2.45. The molecule has 0 aromatic heterocycles. The van der Waals surface area contributed by atoms with Crippen molar-refractivity contribution in [2.24, 2.45) is 11.8 Å². The fourth-order valence-electron chi connectivity index (χ4n) is 7.39. The van der Waals surface area contributed by atoms with E-state index >= 15 is 0 Å². The highest BCUT2D eigenvalue weighted by Crippen LogP contribution is 2.25. The molecule has 66 heavy (non-hydrogen) atoms. The number of carbonyl (C=O) groups excluding carboxylic acids is 7. The van der Waals surface area contributed by atoms with Crippen LogP contribution in [-0.2, 0) is 60.9 Å². The topological polar surface area (TPSA) is 281 Å². The lowest BCUT2D eigenvalue weighted by Crippen LogP contribution is -2.62. The lowest BCUT2D eigenvalue weighted by molar-refractivity contribution is -0.187. The largest absolute Gasteiger partial charge is 0.481 e.